The van der Waals surface area contributed by atoms with Gasteiger partial charge in [0, 0.05) is 17.1 Å². The number of nitrogens with one attached hydrogen (secondary N) is 1. The van der Waals surface area contributed by atoms with Gasteiger partial charge in [-0.2, -0.15) is 0 Å². The molecule has 0 aromatic heterocycles. The Bertz CT molecular complexity index is 1350. The molecule has 36 heavy (non-hydrogen) atoms. The number of hydrogen-bond acceptors (Lipinski definition) is 6. The molecule has 3 aromatic carbocycles. The Morgan fingerprint density at radius 1 is 0.972 bits per heavy atom. The van der Waals surface area contributed by atoms with Crippen LogP contribution in [0.4, 0.5) is 15.8 Å². The summed E-state index contributed by atoms with van der Waals surface area (Å²) in [7, 11) is 1.21. The SMILES string of the molecule is COC(=O)C1=C(C)N(c2ccc(F)cc2)/C(=C\c2ccc(OCC(=O)Nc3ccccc3)cc2)C1=O. The lowest BCUT2D eigenvalue weighted by Crippen LogP contribution is -2.20. The molecule has 1 aliphatic rings. The smallest absolute Gasteiger partial charge is 0.343 e. The van der Waals surface area contributed by atoms with Crippen LogP contribution in [0.5, 0.6) is 5.75 Å². The largest absolute Gasteiger partial charge is 0.484 e. The van der Waals surface area contributed by atoms with Crippen LogP contribution in [0.25, 0.3) is 6.08 Å². The Morgan fingerprint density at radius 3 is 2.28 bits per heavy atom. The van der Waals surface area contributed by atoms with Gasteiger partial charge >= 0.3 is 5.97 Å². The Morgan fingerprint density at radius 2 is 1.64 bits per heavy atom. The quantitative estimate of drug-likeness (QED) is 0.296. The third kappa shape index (κ3) is 5.33. The first-order chi connectivity index (χ1) is 17.4. The molecule has 0 radical (unpaired) electrons. The van der Waals surface area contributed by atoms with Gasteiger partial charge in [-0.3, -0.25) is 9.59 Å². The van der Waals surface area contributed by atoms with Crippen LogP contribution in [-0.2, 0) is 19.1 Å². The van der Waals surface area contributed by atoms with Crippen LogP contribution in [-0.4, -0.2) is 31.4 Å². The molecule has 8 heteroatoms. The first-order valence-corrected chi connectivity index (χ1v) is 11.1. The number of methoxy groups -OCH3 is 1. The second kappa shape index (κ2) is 10.7. The molecule has 1 N–H and O–H groups in total. The van der Waals surface area contributed by atoms with Gasteiger partial charge in [-0.1, -0.05) is 30.3 Å². The zero-order chi connectivity index (χ0) is 25.7. The first kappa shape index (κ1) is 24.4. The summed E-state index contributed by atoms with van der Waals surface area (Å²) in [6.45, 7) is 1.46. The number of amides is 1. The van der Waals surface area contributed by atoms with Crippen LogP contribution in [0.3, 0.4) is 0 Å². The highest BCUT2D eigenvalue weighted by Gasteiger charge is 2.38. The number of Topliss-reactive ketones (excluding diaryl/α,β-unsaturated/α-hetero) is 1. The lowest BCUT2D eigenvalue weighted by atomic mass is 10.1. The lowest BCUT2D eigenvalue weighted by molar-refractivity contribution is -0.137. The summed E-state index contributed by atoms with van der Waals surface area (Å²) in [5.41, 5.74) is 2.37. The number of nitrogens with zero attached hydrogens (tertiary/aromatic N) is 1. The molecule has 1 aliphatic heterocycles. The van der Waals surface area contributed by atoms with Gasteiger partial charge in [0.25, 0.3) is 5.91 Å². The van der Waals surface area contributed by atoms with Crippen molar-refractivity contribution in [1.29, 1.82) is 0 Å². The van der Waals surface area contributed by atoms with Crippen molar-refractivity contribution in [2.75, 3.05) is 23.9 Å². The van der Waals surface area contributed by atoms with Gasteiger partial charge in [0.15, 0.2) is 6.61 Å². The van der Waals surface area contributed by atoms with Crippen molar-refractivity contribution in [2.24, 2.45) is 0 Å². The van der Waals surface area contributed by atoms with Crippen molar-refractivity contribution >= 4 is 35.1 Å². The number of carbonyl (C=O) groups excluding carboxylic acids is 3. The van der Waals surface area contributed by atoms with Crippen molar-refractivity contribution in [1.82, 2.24) is 0 Å². The standard InChI is InChI=1S/C28H23FN2O5/c1-18-26(28(34)35-2)27(33)24(31(18)22-12-10-20(29)11-13-22)16-19-8-14-23(15-9-19)36-17-25(32)30-21-6-4-3-5-7-21/h3-16H,17H2,1-2H3,(H,30,32)/b24-16-. The van der Waals surface area contributed by atoms with Gasteiger partial charge < -0.3 is 19.7 Å². The molecule has 0 bridgehead atoms. The summed E-state index contributed by atoms with van der Waals surface area (Å²) in [6, 6.07) is 21.5. The van der Waals surface area contributed by atoms with Crippen LogP contribution < -0.4 is 15.0 Å². The molecule has 0 saturated heterocycles. The summed E-state index contributed by atoms with van der Waals surface area (Å²) in [4.78, 5) is 39.1. The van der Waals surface area contributed by atoms with E-state index in [0.29, 0.717) is 28.4 Å². The summed E-state index contributed by atoms with van der Waals surface area (Å²) in [5.74, 6) is -1.49. The number of para-hydroxylation sites is 1. The van der Waals surface area contributed by atoms with Crippen LogP contribution in [0.15, 0.2) is 95.8 Å². The van der Waals surface area contributed by atoms with E-state index in [2.05, 4.69) is 5.32 Å². The highest BCUT2D eigenvalue weighted by Crippen LogP contribution is 2.35. The molecule has 0 spiro atoms. The molecule has 0 fully saturated rings. The minimum absolute atomic E-state index is 0.0857. The third-order valence-corrected chi connectivity index (χ3v) is 5.48. The van der Waals surface area contributed by atoms with Crippen molar-refractivity contribution in [3.8, 4) is 5.75 Å². The number of carbonyl (C=O) groups is 3. The molecule has 0 unspecified atom stereocenters. The number of hydrogen-bond donors (Lipinski definition) is 1. The second-order valence-electron chi connectivity index (χ2n) is 7.89. The van der Waals surface area contributed by atoms with Gasteiger partial charge in [-0.25, -0.2) is 9.18 Å². The molecule has 182 valence electrons. The van der Waals surface area contributed by atoms with E-state index >= 15 is 0 Å². The minimum atomic E-state index is -0.745. The Balaban J connectivity index is 1.53. The molecule has 4 rings (SSSR count). The van der Waals surface area contributed by atoms with Crippen LogP contribution >= 0.6 is 0 Å². The Hall–Kier alpha value is -4.72. The number of halogens is 1. The van der Waals surface area contributed by atoms with E-state index in [-0.39, 0.29) is 23.8 Å². The average Bonchev–Trinajstić information content (AvgIpc) is 3.13. The zero-order valence-corrected chi connectivity index (χ0v) is 19.7. The highest BCUT2D eigenvalue weighted by molar-refractivity contribution is 6.30. The third-order valence-electron chi connectivity index (χ3n) is 5.48. The van der Waals surface area contributed by atoms with Gasteiger partial charge in [0.05, 0.1) is 12.8 Å². The van der Waals surface area contributed by atoms with E-state index in [1.807, 2.05) is 18.2 Å². The van der Waals surface area contributed by atoms with E-state index in [4.69, 9.17) is 9.47 Å². The molecule has 1 heterocycles. The van der Waals surface area contributed by atoms with E-state index in [9.17, 15) is 18.8 Å². The van der Waals surface area contributed by atoms with Crippen molar-refractivity contribution in [3.05, 3.63) is 107 Å². The molecule has 0 saturated carbocycles. The van der Waals surface area contributed by atoms with Crippen LogP contribution in [0.2, 0.25) is 0 Å². The maximum absolute atomic E-state index is 13.5. The molecular formula is C28H23FN2O5. The van der Waals surface area contributed by atoms with Gasteiger partial charge in [0.1, 0.15) is 17.1 Å². The number of ether oxygens (including phenoxy) is 2. The number of rotatable bonds is 7. The summed E-state index contributed by atoms with van der Waals surface area (Å²) in [5, 5.41) is 2.74. The van der Waals surface area contributed by atoms with Gasteiger partial charge in [-0.05, 0) is 67.1 Å². The van der Waals surface area contributed by atoms with E-state index in [1.165, 1.54) is 31.4 Å². The number of ketones is 1. The minimum Gasteiger partial charge on any atom is -0.484 e. The molecule has 0 atom stereocenters. The van der Waals surface area contributed by atoms with Crippen molar-refractivity contribution in [2.45, 2.75) is 6.92 Å². The monoisotopic (exact) mass is 486 g/mol. The van der Waals surface area contributed by atoms with E-state index in [0.717, 1.165) is 0 Å². The second-order valence-corrected chi connectivity index (χ2v) is 7.89. The maximum atomic E-state index is 13.5. The predicted molar refractivity (Wildman–Crippen MR) is 134 cm³/mol. The number of allylic oxidation sites excluding steroid dienone is 2. The Kier molecular flexibility index (Phi) is 7.25. The maximum Gasteiger partial charge on any atom is 0.343 e. The normalized spacial score (nSPS) is 14.2. The molecular weight excluding hydrogens is 463 g/mol. The summed E-state index contributed by atoms with van der Waals surface area (Å²) in [6.07, 6.45) is 1.62. The molecule has 1 amide bonds. The summed E-state index contributed by atoms with van der Waals surface area (Å²) >= 11 is 0. The number of anilines is 2. The van der Waals surface area contributed by atoms with Crippen molar-refractivity contribution < 1.29 is 28.2 Å². The number of benzene rings is 3. The zero-order valence-electron chi connectivity index (χ0n) is 19.7. The first-order valence-electron chi connectivity index (χ1n) is 11.1. The van der Waals surface area contributed by atoms with E-state index < -0.39 is 17.6 Å². The van der Waals surface area contributed by atoms with E-state index in [1.54, 1.807) is 54.3 Å². The average molecular weight is 486 g/mol. The molecule has 3 aromatic rings. The van der Waals surface area contributed by atoms with Crippen LogP contribution in [0, 0.1) is 5.82 Å². The fourth-order valence-electron chi connectivity index (χ4n) is 3.77. The van der Waals surface area contributed by atoms with Crippen molar-refractivity contribution in [3.63, 3.8) is 0 Å². The molecule has 7 nitrogen and oxygen atoms in total. The fourth-order valence-corrected chi connectivity index (χ4v) is 3.77. The van der Waals surface area contributed by atoms with Gasteiger partial charge in [0.2, 0.25) is 5.78 Å². The highest BCUT2D eigenvalue weighted by atomic mass is 19.1. The van der Waals surface area contributed by atoms with Gasteiger partial charge in [-0.15, -0.1) is 0 Å². The lowest BCUT2D eigenvalue weighted by Gasteiger charge is -2.21. The molecule has 0 aliphatic carbocycles. The topological polar surface area (TPSA) is 84.9 Å². The predicted octanol–water partition coefficient (Wildman–Crippen LogP) is 4.72. The summed E-state index contributed by atoms with van der Waals surface area (Å²) < 4.78 is 23.8. The van der Waals surface area contributed by atoms with Crippen LogP contribution in [0.1, 0.15) is 12.5 Å². The Labute approximate surface area is 207 Å². The number of esters is 1. The fraction of sp³-hybridized carbons (Fsp3) is 0.107.